The molecule has 8 aromatic carbocycles. The third kappa shape index (κ3) is 4.17. The van der Waals surface area contributed by atoms with Gasteiger partial charge in [0.2, 0.25) is 0 Å². The van der Waals surface area contributed by atoms with E-state index in [-0.39, 0.29) is 0 Å². The van der Waals surface area contributed by atoms with Crippen LogP contribution in [-0.2, 0) is 0 Å². The molecule has 0 saturated heterocycles. The van der Waals surface area contributed by atoms with Crippen LogP contribution in [0.5, 0.6) is 0 Å². The fourth-order valence-corrected chi connectivity index (χ4v) is 10.1. The first-order valence-corrected chi connectivity index (χ1v) is 19.8. The van der Waals surface area contributed by atoms with Crippen LogP contribution in [0.3, 0.4) is 0 Å². The van der Waals surface area contributed by atoms with Crippen LogP contribution >= 0.6 is 0 Å². The largest absolute Gasteiger partial charge is 0.456 e. The average Bonchev–Trinajstić information content (AvgIpc) is 4.05. The fourth-order valence-electron chi connectivity index (χ4n) is 10.1. The quantitative estimate of drug-likeness (QED) is 0.169. The molecule has 13 aromatic rings. The van der Waals surface area contributed by atoms with E-state index in [0.717, 1.165) is 77.2 Å². The molecule has 0 unspecified atom stereocenters. The minimum absolute atomic E-state index is 0.870. The van der Waals surface area contributed by atoms with Gasteiger partial charge in [0.1, 0.15) is 28.0 Å². The third-order valence-corrected chi connectivity index (χ3v) is 12.5. The van der Waals surface area contributed by atoms with Crippen molar-refractivity contribution in [1.82, 2.24) is 14.0 Å². The van der Waals surface area contributed by atoms with E-state index in [1.54, 1.807) is 0 Å². The molecule has 58 heavy (non-hydrogen) atoms. The van der Waals surface area contributed by atoms with Gasteiger partial charge in [-0.2, -0.15) is 0 Å². The Bertz CT molecular complexity index is 3840. The highest BCUT2D eigenvalue weighted by molar-refractivity contribution is 6.21. The second-order valence-corrected chi connectivity index (χ2v) is 15.6. The van der Waals surface area contributed by atoms with Gasteiger partial charge in [0.25, 0.3) is 0 Å². The van der Waals surface area contributed by atoms with Crippen molar-refractivity contribution in [3.8, 4) is 27.9 Å². The Labute approximate surface area is 331 Å². The van der Waals surface area contributed by atoms with E-state index in [1.165, 1.54) is 54.8 Å². The average molecular weight is 744 g/mol. The number of rotatable bonds is 3. The molecule has 0 aliphatic heterocycles. The number of benzene rings is 8. The van der Waals surface area contributed by atoms with Crippen LogP contribution in [0, 0.1) is 13.8 Å². The summed E-state index contributed by atoms with van der Waals surface area (Å²) in [7, 11) is 0. The van der Waals surface area contributed by atoms with Crippen LogP contribution in [0.25, 0.3) is 121 Å². The molecule has 0 N–H and O–H groups in total. The molecule has 5 heterocycles. The highest BCUT2D eigenvalue weighted by Crippen LogP contribution is 2.47. The Hall–Kier alpha value is -7.63. The van der Waals surface area contributed by atoms with Gasteiger partial charge < -0.3 is 13.4 Å². The Morgan fingerprint density at radius 1 is 0.448 bits per heavy atom. The number of pyridine rings is 1. The van der Waals surface area contributed by atoms with E-state index in [9.17, 15) is 0 Å². The molecule has 0 radical (unpaired) electrons. The van der Waals surface area contributed by atoms with E-state index in [0.29, 0.717) is 0 Å². The number of fused-ring (bicyclic) bond motifs is 15. The highest BCUT2D eigenvalue weighted by atomic mass is 16.3. The highest BCUT2D eigenvalue weighted by Gasteiger charge is 2.24. The molecule has 0 fully saturated rings. The van der Waals surface area contributed by atoms with Crippen molar-refractivity contribution in [2.24, 2.45) is 0 Å². The molecule has 0 aliphatic rings. The van der Waals surface area contributed by atoms with E-state index in [1.807, 2.05) is 18.3 Å². The predicted octanol–water partition coefficient (Wildman–Crippen LogP) is 14.5. The van der Waals surface area contributed by atoms with Crippen molar-refractivity contribution in [2.75, 3.05) is 0 Å². The van der Waals surface area contributed by atoms with Gasteiger partial charge in [0.05, 0.1) is 16.6 Å². The van der Waals surface area contributed by atoms with Gasteiger partial charge in [-0.1, -0.05) is 91.0 Å². The molecule has 0 atom stereocenters. The second kappa shape index (κ2) is 11.5. The zero-order valence-corrected chi connectivity index (χ0v) is 31.7. The molecule has 0 aliphatic carbocycles. The molecular weight excluding hydrogens is 711 g/mol. The number of imidazole rings is 1. The number of hydrogen-bond donors (Lipinski definition) is 0. The maximum absolute atomic E-state index is 6.55. The number of hydrogen-bond acceptors (Lipinski definition) is 3. The molecule has 5 heteroatoms. The number of nitrogens with zero attached hydrogens (tertiary/aromatic N) is 3. The minimum atomic E-state index is 0.870. The fraction of sp³-hybridized carbons (Fsp3) is 0.0377. The first kappa shape index (κ1) is 31.6. The summed E-state index contributed by atoms with van der Waals surface area (Å²) in [6.45, 7) is 4.56. The van der Waals surface area contributed by atoms with Crippen molar-refractivity contribution in [3.63, 3.8) is 0 Å². The minimum Gasteiger partial charge on any atom is -0.456 e. The number of aryl methyl sites for hydroxylation is 1. The van der Waals surface area contributed by atoms with Crippen LogP contribution in [0.1, 0.15) is 11.1 Å². The van der Waals surface area contributed by atoms with E-state index < -0.39 is 0 Å². The lowest BCUT2D eigenvalue weighted by molar-refractivity contribution is 0.668. The summed E-state index contributed by atoms with van der Waals surface area (Å²) in [6.07, 6.45) is 4.03. The lowest BCUT2D eigenvalue weighted by Crippen LogP contribution is -2.01. The van der Waals surface area contributed by atoms with Crippen molar-refractivity contribution in [1.29, 1.82) is 0 Å². The van der Waals surface area contributed by atoms with Gasteiger partial charge >= 0.3 is 0 Å². The molecule has 0 saturated carbocycles. The van der Waals surface area contributed by atoms with Crippen molar-refractivity contribution >= 4 is 93.0 Å². The lowest BCUT2D eigenvalue weighted by Gasteiger charge is -2.22. The second-order valence-electron chi connectivity index (χ2n) is 15.6. The van der Waals surface area contributed by atoms with Gasteiger partial charge in [-0.05, 0) is 113 Å². The van der Waals surface area contributed by atoms with Crippen molar-refractivity contribution in [2.45, 2.75) is 13.8 Å². The smallest absolute Gasteiger partial charge is 0.145 e. The Balaban J connectivity index is 1.11. The maximum atomic E-state index is 6.55. The topological polar surface area (TPSA) is 48.5 Å². The molecule has 0 amide bonds. The monoisotopic (exact) mass is 743 g/mol. The Morgan fingerprint density at radius 3 is 1.69 bits per heavy atom. The molecule has 5 nitrogen and oxygen atoms in total. The van der Waals surface area contributed by atoms with Gasteiger partial charge in [-0.3, -0.25) is 4.40 Å². The normalized spacial score (nSPS) is 12.3. The maximum Gasteiger partial charge on any atom is 0.145 e. The molecule has 13 rings (SSSR count). The van der Waals surface area contributed by atoms with Crippen LogP contribution in [0.2, 0.25) is 0 Å². The molecule has 5 aromatic heterocycles. The third-order valence-electron chi connectivity index (χ3n) is 12.5. The van der Waals surface area contributed by atoms with E-state index >= 15 is 0 Å². The summed E-state index contributed by atoms with van der Waals surface area (Å²) >= 11 is 0. The van der Waals surface area contributed by atoms with Crippen molar-refractivity contribution < 1.29 is 8.83 Å². The van der Waals surface area contributed by atoms with Gasteiger partial charge in [-0.15, -0.1) is 0 Å². The standard InChI is InChI=1S/C53H33N3O2/c1-30-49(32-19-22-47-41(27-32)42-29-34(21-24-48(42)58-47)56-43-16-8-5-11-35(43)36-12-6-9-17-44(36)56)31(2)52-51(38-14-3-4-15-39(38)53-54-25-26-55(52)53)50(30)33-20-23-46-40(28-33)37-13-7-10-18-45(37)57-46/h3-29H,1-2H3. The number of aromatic nitrogens is 3. The Kier molecular flexibility index (Phi) is 6.24. The molecule has 272 valence electrons. The SMILES string of the molecule is Cc1c(-c2ccc3oc4ccc(-n5c6ccccc6c6ccccc65)cc4c3c2)c(C)c2c(c1-c1ccc3oc4ccccc4c3c1)c1ccccc1c1nccn12. The van der Waals surface area contributed by atoms with Crippen molar-refractivity contribution in [3.05, 3.63) is 175 Å². The summed E-state index contributed by atoms with van der Waals surface area (Å²) in [5, 5.41) is 10.4. The van der Waals surface area contributed by atoms with Gasteiger partial charge in [0.15, 0.2) is 0 Å². The number of furan rings is 2. The molecule has 0 spiro atoms. The first-order chi connectivity index (χ1) is 28.6. The number of para-hydroxylation sites is 3. The summed E-state index contributed by atoms with van der Waals surface area (Å²) in [6, 6.07) is 54.3. The molecular formula is C53H33N3O2. The summed E-state index contributed by atoms with van der Waals surface area (Å²) in [4.78, 5) is 4.90. The first-order valence-electron chi connectivity index (χ1n) is 19.8. The van der Waals surface area contributed by atoms with Gasteiger partial charge in [-0.25, -0.2) is 4.98 Å². The lowest BCUT2D eigenvalue weighted by atomic mass is 9.84. The summed E-state index contributed by atoms with van der Waals surface area (Å²) < 4.78 is 17.5. The van der Waals surface area contributed by atoms with E-state index in [2.05, 4.69) is 169 Å². The van der Waals surface area contributed by atoms with Gasteiger partial charge in [0, 0.05) is 61.2 Å². The zero-order valence-electron chi connectivity index (χ0n) is 31.7. The zero-order chi connectivity index (χ0) is 38.2. The van der Waals surface area contributed by atoms with Crippen LogP contribution in [0.4, 0.5) is 0 Å². The van der Waals surface area contributed by atoms with Crippen LogP contribution < -0.4 is 0 Å². The van der Waals surface area contributed by atoms with Crippen LogP contribution in [-0.4, -0.2) is 14.0 Å². The predicted molar refractivity (Wildman–Crippen MR) is 239 cm³/mol. The Morgan fingerprint density at radius 2 is 0.983 bits per heavy atom. The van der Waals surface area contributed by atoms with Crippen LogP contribution in [0.15, 0.2) is 173 Å². The summed E-state index contributed by atoms with van der Waals surface area (Å²) in [5.74, 6) is 0. The summed E-state index contributed by atoms with van der Waals surface area (Å²) in [5.41, 5.74) is 16.3. The van der Waals surface area contributed by atoms with E-state index in [4.69, 9.17) is 13.8 Å². The molecule has 0 bridgehead atoms.